The number of rotatable bonds is 5. The number of hydrogen-bond acceptors (Lipinski definition) is 5. The number of nitrogens with zero attached hydrogens (tertiary/aromatic N) is 2. The van der Waals surface area contributed by atoms with Gasteiger partial charge in [-0.3, -0.25) is 0 Å². The SMILES string of the molecule is c1ccc(C2=NC(c3ccc(-c4cccc5sc6ccc(-c7ccc8c9ccccc9c9ccccc9c8c7)cc6c45)cc3)=NC(c3ccc4c(c3)sc3ccccc34)N2)cc1. The Labute approximate surface area is 365 Å². The number of benzene rings is 10. The second-order valence-corrected chi connectivity index (χ2v) is 18.3. The molecule has 1 aliphatic rings. The van der Waals surface area contributed by atoms with Gasteiger partial charge >= 0.3 is 0 Å². The fraction of sp³-hybridized carbons (Fsp3) is 0.0175. The number of thiophene rings is 2. The highest BCUT2D eigenvalue weighted by Gasteiger charge is 2.22. The van der Waals surface area contributed by atoms with E-state index in [1.165, 1.54) is 94.9 Å². The highest BCUT2D eigenvalue weighted by atomic mass is 32.1. The third kappa shape index (κ3) is 5.70. The molecular formula is C57H35N3S2. The molecule has 0 saturated carbocycles. The van der Waals surface area contributed by atoms with Crippen LogP contribution in [0.4, 0.5) is 0 Å². The van der Waals surface area contributed by atoms with Crippen molar-refractivity contribution < 1.29 is 0 Å². The predicted octanol–water partition coefficient (Wildman–Crippen LogP) is 15.7. The fourth-order valence-corrected chi connectivity index (χ4v) is 11.8. The van der Waals surface area contributed by atoms with Gasteiger partial charge in [-0.25, -0.2) is 9.98 Å². The van der Waals surface area contributed by atoms with Crippen LogP contribution in [0.1, 0.15) is 22.9 Å². The lowest BCUT2D eigenvalue weighted by atomic mass is 9.91. The summed E-state index contributed by atoms with van der Waals surface area (Å²) < 4.78 is 5.13. The maximum Gasteiger partial charge on any atom is 0.159 e. The Morgan fingerprint density at radius 3 is 1.68 bits per heavy atom. The highest BCUT2D eigenvalue weighted by molar-refractivity contribution is 7.26. The monoisotopic (exact) mass is 825 g/mol. The molecule has 3 heterocycles. The largest absolute Gasteiger partial charge is 0.344 e. The fourth-order valence-electron chi connectivity index (χ4n) is 9.54. The minimum absolute atomic E-state index is 0.284. The van der Waals surface area contributed by atoms with Gasteiger partial charge < -0.3 is 5.32 Å². The van der Waals surface area contributed by atoms with Gasteiger partial charge in [-0.15, -0.1) is 22.7 Å². The van der Waals surface area contributed by atoms with Crippen molar-refractivity contribution in [3.63, 3.8) is 0 Å². The Kier molecular flexibility index (Phi) is 8.02. The van der Waals surface area contributed by atoms with E-state index in [0.29, 0.717) is 0 Å². The Balaban J connectivity index is 0.891. The Morgan fingerprint density at radius 2 is 0.903 bits per heavy atom. The van der Waals surface area contributed by atoms with Crippen LogP contribution in [0, 0.1) is 0 Å². The molecule has 62 heavy (non-hydrogen) atoms. The van der Waals surface area contributed by atoms with E-state index in [0.717, 1.165) is 28.4 Å². The van der Waals surface area contributed by atoms with E-state index in [1.807, 2.05) is 28.7 Å². The van der Waals surface area contributed by atoms with Gasteiger partial charge in [-0.05, 0) is 96.5 Å². The molecule has 3 nitrogen and oxygen atoms in total. The van der Waals surface area contributed by atoms with Crippen LogP contribution in [0.3, 0.4) is 0 Å². The summed E-state index contributed by atoms with van der Waals surface area (Å²) in [5.41, 5.74) is 7.97. The molecule has 290 valence electrons. The first-order valence-corrected chi connectivity index (χ1v) is 22.6. The summed E-state index contributed by atoms with van der Waals surface area (Å²) in [6.45, 7) is 0. The van der Waals surface area contributed by atoms with E-state index in [-0.39, 0.29) is 6.17 Å². The van der Waals surface area contributed by atoms with Gasteiger partial charge in [-0.1, -0.05) is 164 Å². The van der Waals surface area contributed by atoms with Crippen LogP contribution in [-0.2, 0) is 0 Å². The summed E-state index contributed by atoms with van der Waals surface area (Å²) in [4.78, 5) is 10.4. The first-order chi connectivity index (χ1) is 30.7. The molecule has 0 radical (unpaired) electrons. The van der Waals surface area contributed by atoms with Crippen molar-refractivity contribution in [1.82, 2.24) is 5.32 Å². The Bertz CT molecular complexity index is 3800. The van der Waals surface area contributed by atoms with E-state index < -0.39 is 0 Å². The first kappa shape index (κ1) is 35.3. The molecule has 1 N–H and O–H groups in total. The average molecular weight is 826 g/mol. The van der Waals surface area contributed by atoms with Crippen LogP contribution in [-0.4, -0.2) is 11.7 Å². The lowest BCUT2D eigenvalue weighted by molar-refractivity contribution is 0.675. The quantitative estimate of drug-likeness (QED) is 0.172. The molecule has 12 aromatic rings. The standard InChI is InChI=1S/C57H35N3S2/c1-2-11-35(12-3-1)55-58-56(60-57(59-55)39-26-29-47-46-17-8-9-19-50(46)62-53(47)33-39)36-23-21-34(22-24-36)40-18-10-20-52-54(40)49-32-38(27-30-51(49)61-52)37-25-28-45-43-15-5-4-13-41(43)42-14-6-7-16-44(42)48(45)31-37/h1-33,57H,(H,58,59,60). The summed E-state index contributed by atoms with van der Waals surface area (Å²) in [6, 6.07) is 72.8. The van der Waals surface area contributed by atoms with E-state index >= 15 is 0 Å². The van der Waals surface area contributed by atoms with Crippen molar-refractivity contribution in [2.75, 3.05) is 0 Å². The first-order valence-electron chi connectivity index (χ1n) is 21.0. The smallest absolute Gasteiger partial charge is 0.159 e. The van der Waals surface area contributed by atoms with E-state index in [9.17, 15) is 0 Å². The lowest BCUT2D eigenvalue weighted by Crippen LogP contribution is -2.33. The molecule has 1 unspecified atom stereocenters. The third-order valence-electron chi connectivity index (χ3n) is 12.5. The van der Waals surface area contributed by atoms with E-state index in [4.69, 9.17) is 9.98 Å². The van der Waals surface area contributed by atoms with Crippen LogP contribution >= 0.6 is 22.7 Å². The number of hydrogen-bond donors (Lipinski definition) is 1. The number of fused-ring (bicyclic) bond motifs is 12. The molecule has 2 aromatic heterocycles. The zero-order valence-electron chi connectivity index (χ0n) is 33.3. The molecule has 0 spiro atoms. The van der Waals surface area contributed by atoms with Crippen molar-refractivity contribution in [2.45, 2.75) is 6.17 Å². The molecule has 0 amide bonds. The Hall–Kier alpha value is -7.44. The molecule has 10 aromatic carbocycles. The van der Waals surface area contributed by atoms with Crippen LogP contribution in [0.5, 0.6) is 0 Å². The van der Waals surface area contributed by atoms with Gasteiger partial charge in [0.05, 0.1) is 0 Å². The van der Waals surface area contributed by atoms with Crippen molar-refractivity contribution >= 4 is 107 Å². The van der Waals surface area contributed by atoms with E-state index in [2.05, 4.69) is 199 Å². The van der Waals surface area contributed by atoms with Crippen molar-refractivity contribution in [1.29, 1.82) is 0 Å². The summed E-state index contributed by atoms with van der Waals surface area (Å²) in [5.74, 6) is 1.54. The summed E-state index contributed by atoms with van der Waals surface area (Å²) in [7, 11) is 0. The molecule has 13 rings (SSSR count). The average Bonchev–Trinajstić information content (AvgIpc) is 3.92. The second kappa shape index (κ2) is 14.1. The normalized spacial score (nSPS) is 14.3. The maximum atomic E-state index is 5.26. The number of amidine groups is 2. The van der Waals surface area contributed by atoms with Crippen LogP contribution in [0.25, 0.3) is 94.9 Å². The number of nitrogens with one attached hydrogen (secondary N) is 1. The van der Waals surface area contributed by atoms with Gasteiger partial charge in [0.2, 0.25) is 0 Å². The van der Waals surface area contributed by atoms with Gasteiger partial charge in [-0.2, -0.15) is 0 Å². The molecule has 0 fully saturated rings. The predicted molar refractivity (Wildman–Crippen MR) is 267 cm³/mol. The lowest BCUT2D eigenvalue weighted by Gasteiger charge is -2.24. The summed E-state index contributed by atoms with van der Waals surface area (Å²) in [6.07, 6.45) is -0.284. The third-order valence-corrected chi connectivity index (χ3v) is 14.8. The van der Waals surface area contributed by atoms with E-state index in [1.54, 1.807) is 0 Å². The van der Waals surface area contributed by atoms with Crippen molar-refractivity contribution in [3.8, 4) is 22.3 Å². The topological polar surface area (TPSA) is 36.8 Å². The molecule has 0 aliphatic carbocycles. The Morgan fingerprint density at radius 1 is 0.355 bits per heavy atom. The molecule has 0 bridgehead atoms. The van der Waals surface area contributed by atoms with Crippen LogP contribution in [0.15, 0.2) is 210 Å². The van der Waals surface area contributed by atoms with Crippen LogP contribution in [0.2, 0.25) is 0 Å². The zero-order chi connectivity index (χ0) is 40.7. The van der Waals surface area contributed by atoms with Crippen molar-refractivity contribution in [2.24, 2.45) is 9.98 Å². The molecule has 0 saturated heterocycles. The summed E-state index contributed by atoms with van der Waals surface area (Å²) >= 11 is 3.69. The van der Waals surface area contributed by atoms with Gasteiger partial charge in [0.25, 0.3) is 0 Å². The minimum Gasteiger partial charge on any atom is -0.344 e. The molecule has 1 atom stereocenters. The van der Waals surface area contributed by atoms with Gasteiger partial charge in [0, 0.05) is 51.5 Å². The maximum absolute atomic E-state index is 5.26. The molecular weight excluding hydrogens is 791 g/mol. The summed E-state index contributed by atoms with van der Waals surface area (Å²) in [5, 5.41) is 16.6. The van der Waals surface area contributed by atoms with Crippen LogP contribution < -0.4 is 5.32 Å². The second-order valence-electron chi connectivity index (χ2n) is 16.1. The van der Waals surface area contributed by atoms with Gasteiger partial charge in [0.1, 0.15) is 12.0 Å². The van der Waals surface area contributed by atoms with Gasteiger partial charge in [0.15, 0.2) is 5.84 Å². The minimum atomic E-state index is -0.284. The number of aliphatic imine (C=N–C) groups is 2. The van der Waals surface area contributed by atoms with Crippen molar-refractivity contribution in [3.05, 3.63) is 217 Å². The molecule has 5 heteroatoms. The molecule has 1 aliphatic heterocycles. The zero-order valence-corrected chi connectivity index (χ0v) is 35.0. The highest BCUT2D eigenvalue weighted by Crippen LogP contribution is 2.43.